The fourth-order valence-electron chi connectivity index (χ4n) is 1.75. The lowest BCUT2D eigenvalue weighted by Gasteiger charge is -2.06. The molecule has 0 fully saturated rings. The minimum atomic E-state index is -0.499. The highest BCUT2D eigenvalue weighted by Crippen LogP contribution is 2.24. The van der Waals surface area contributed by atoms with Crippen molar-refractivity contribution in [3.8, 4) is 22.6 Å². The normalized spacial score (nSPS) is 9.64. The first-order chi connectivity index (χ1) is 10.6. The van der Waals surface area contributed by atoms with E-state index in [2.05, 4.69) is 13.2 Å². The molecular weight excluding hydrogens is 280 g/mol. The van der Waals surface area contributed by atoms with E-state index in [-0.39, 0.29) is 0 Å². The zero-order valence-electron chi connectivity index (χ0n) is 11.8. The molecule has 2 aromatic rings. The number of carbonyl (C=O) groups excluding carboxylic acids is 2. The molecule has 2 aromatic carbocycles. The SMILES string of the molecule is C=CC(=O)Oc1ccc(-c2ccc(OC(=O)C=C)cc2)cc1. The largest absolute Gasteiger partial charge is 0.423 e. The number of benzene rings is 2. The third kappa shape index (κ3) is 3.93. The molecule has 0 atom stereocenters. The van der Waals surface area contributed by atoms with E-state index in [9.17, 15) is 9.59 Å². The van der Waals surface area contributed by atoms with Crippen molar-refractivity contribution in [2.45, 2.75) is 0 Å². The maximum atomic E-state index is 11.1. The van der Waals surface area contributed by atoms with Crippen LogP contribution >= 0.6 is 0 Å². The molecule has 0 N–H and O–H groups in total. The predicted molar refractivity (Wildman–Crippen MR) is 83.5 cm³/mol. The number of hydrogen-bond donors (Lipinski definition) is 0. The van der Waals surface area contributed by atoms with E-state index in [1.165, 1.54) is 0 Å². The quantitative estimate of drug-likeness (QED) is 0.481. The van der Waals surface area contributed by atoms with Gasteiger partial charge in [0.15, 0.2) is 0 Å². The minimum absolute atomic E-state index is 0.449. The highest BCUT2D eigenvalue weighted by molar-refractivity contribution is 5.84. The highest BCUT2D eigenvalue weighted by atomic mass is 16.5. The Morgan fingerprint density at radius 3 is 1.27 bits per heavy atom. The first-order valence-electron chi connectivity index (χ1n) is 6.51. The van der Waals surface area contributed by atoms with Crippen LogP contribution in [-0.4, -0.2) is 11.9 Å². The minimum Gasteiger partial charge on any atom is -0.423 e. The average molecular weight is 294 g/mol. The molecule has 0 aliphatic heterocycles. The molecule has 0 unspecified atom stereocenters. The summed E-state index contributed by atoms with van der Waals surface area (Å²) >= 11 is 0. The summed E-state index contributed by atoms with van der Waals surface area (Å²) in [6.07, 6.45) is 2.22. The van der Waals surface area contributed by atoms with Crippen LogP contribution in [0.15, 0.2) is 73.8 Å². The summed E-state index contributed by atoms with van der Waals surface area (Å²) in [4.78, 5) is 22.2. The monoisotopic (exact) mass is 294 g/mol. The number of ether oxygens (including phenoxy) is 2. The van der Waals surface area contributed by atoms with Gasteiger partial charge in [-0.25, -0.2) is 9.59 Å². The summed E-state index contributed by atoms with van der Waals surface area (Å²) in [5.74, 6) is -0.0994. The second-order valence-electron chi connectivity index (χ2n) is 4.30. The summed E-state index contributed by atoms with van der Waals surface area (Å²) < 4.78 is 10.0. The topological polar surface area (TPSA) is 52.6 Å². The molecule has 0 heterocycles. The molecule has 2 rings (SSSR count). The second-order valence-corrected chi connectivity index (χ2v) is 4.30. The van der Waals surface area contributed by atoms with Crippen molar-refractivity contribution in [2.24, 2.45) is 0 Å². The molecule has 0 aliphatic carbocycles. The smallest absolute Gasteiger partial charge is 0.335 e. The third-order valence-electron chi connectivity index (χ3n) is 2.81. The molecule has 0 saturated carbocycles. The van der Waals surface area contributed by atoms with Crippen LogP contribution in [0.1, 0.15) is 0 Å². The van der Waals surface area contributed by atoms with Crippen LogP contribution in [0.5, 0.6) is 11.5 Å². The highest BCUT2D eigenvalue weighted by Gasteiger charge is 2.03. The zero-order chi connectivity index (χ0) is 15.9. The maximum Gasteiger partial charge on any atom is 0.335 e. The molecule has 0 aliphatic rings. The molecular formula is C18H14O4. The zero-order valence-corrected chi connectivity index (χ0v) is 11.8. The number of carbonyl (C=O) groups is 2. The van der Waals surface area contributed by atoms with Gasteiger partial charge in [-0.1, -0.05) is 37.4 Å². The van der Waals surface area contributed by atoms with E-state index >= 15 is 0 Å². The van der Waals surface area contributed by atoms with E-state index in [4.69, 9.17) is 9.47 Å². The molecule has 110 valence electrons. The Morgan fingerprint density at radius 2 is 1.00 bits per heavy atom. The van der Waals surface area contributed by atoms with E-state index in [1.807, 2.05) is 24.3 Å². The van der Waals surface area contributed by atoms with Crippen molar-refractivity contribution in [2.75, 3.05) is 0 Å². The Bertz CT molecular complexity index is 633. The van der Waals surface area contributed by atoms with E-state index in [1.54, 1.807) is 24.3 Å². The number of rotatable bonds is 5. The lowest BCUT2D eigenvalue weighted by molar-refractivity contribution is -0.129. The van der Waals surface area contributed by atoms with Gasteiger partial charge in [0.2, 0.25) is 0 Å². The van der Waals surface area contributed by atoms with Crippen LogP contribution < -0.4 is 9.47 Å². The van der Waals surface area contributed by atoms with Gasteiger partial charge in [-0.05, 0) is 35.4 Å². The van der Waals surface area contributed by atoms with Crippen molar-refractivity contribution in [1.29, 1.82) is 0 Å². The molecule has 0 spiro atoms. The van der Waals surface area contributed by atoms with Gasteiger partial charge in [-0.2, -0.15) is 0 Å². The Balaban J connectivity index is 2.11. The molecule has 0 radical (unpaired) electrons. The van der Waals surface area contributed by atoms with Gasteiger partial charge in [-0.15, -0.1) is 0 Å². The fourth-order valence-corrected chi connectivity index (χ4v) is 1.75. The van der Waals surface area contributed by atoms with Crippen LogP contribution in [0, 0.1) is 0 Å². The Kier molecular flexibility index (Phi) is 4.88. The Labute approximate surface area is 128 Å². The maximum absolute atomic E-state index is 11.1. The first kappa shape index (κ1) is 15.3. The van der Waals surface area contributed by atoms with Gasteiger partial charge in [-0.3, -0.25) is 0 Å². The molecule has 0 bridgehead atoms. The third-order valence-corrected chi connectivity index (χ3v) is 2.81. The van der Waals surface area contributed by atoms with E-state index in [0.717, 1.165) is 23.3 Å². The lowest BCUT2D eigenvalue weighted by atomic mass is 10.1. The molecule has 22 heavy (non-hydrogen) atoms. The summed E-state index contributed by atoms with van der Waals surface area (Å²) in [6, 6.07) is 14.1. The van der Waals surface area contributed by atoms with Crippen molar-refractivity contribution in [1.82, 2.24) is 0 Å². The van der Waals surface area contributed by atoms with Crippen LogP contribution in [0.4, 0.5) is 0 Å². The molecule has 4 nitrogen and oxygen atoms in total. The summed E-state index contributed by atoms with van der Waals surface area (Å²) in [5, 5.41) is 0. The fraction of sp³-hybridized carbons (Fsp3) is 0. The molecule has 0 saturated heterocycles. The average Bonchev–Trinajstić information content (AvgIpc) is 2.56. The van der Waals surface area contributed by atoms with Crippen molar-refractivity contribution >= 4 is 11.9 Å². The number of esters is 2. The van der Waals surface area contributed by atoms with Crippen LogP contribution in [0.2, 0.25) is 0 Å². The van der Waals surface area contributed by atoms with Gasteiger partial charge in [0.25, 0.3) is 0 Å². The van der Waals surface area contributed by atoms with Gasteiger partial charge in [0.1, 0.15) is 11.5 Å². The second kappa shape index (κ2) is 7.04. The lowest BCUT2D eigenvalue weighted by Crippen LogP contribution is -2.03. The molecule has 4 heteroatoms. The summed E-state index contributed by atoms with van der Waals surface area (Å²) in [6.45, 7) is 6.68. The van der Waals surface area contributed by atoms with Crippen LogP contribution in [0.25, 0.3) is 11.1 Å². The van der Waals surface area contributed by atoms with Gasteiger partial charge in [0.05, 0.1) is 0 Å². The van der Waals surface area contributed by atoms with Gasteiger partial charge >= 0.3 is 11.9 Å². The predicted octanol–water partition coefficient (Wildman–Crippen LogP) is 3.54. The Morgan fingerprint density at radius 1 is 0.682 bits per heavy atom. The molecule has 0 amide bonds. The van der Waals surface area contributed by atoms with E-state index < -0.39 is 11.9 Å². The first-order valence-corrected chi connectivity index (χ1v) is 6.51. The van der Waals surface area contributed by atoms with Crippen molar-refractivity contribution in [3.63, 3.8) is 0 Å². The van der Waals surface area contributed by atoms with Crippen LogP contribution in [0.3, 0.4) is 0 Å². The van der Waals surface area contributed by atoms with Gasteiger partial charge in [0, 0.05) is 12.2 Å². The van der Waals surface area contributed by atoms with Crippen molar-refractivity contribution < 1.29 is 19.1 Å². The summed E-state index contributed by atoms with van der Waals surface area (Å²) in [5.41, 5.74) is 1.89. The number of hydrogen-bond acceptors (Lipinski definition) is 4. The summed E-state index contributed by atoms with van der Waals surface area (Å²) in [7, 11) is 0. The molecule has 0 aromatic heterocycles. The Hall–Kier alpha value is -3.14. The van der Waals surface area contributed by atoms with Crippen molar-refractivity contribution in [3.05, 3.63) is 73.8 Å². The van der Waals surface area contributed by atoms with E-state index in [0.29, 0.717) is 11.5 Å². The van der Waals surface area contributed by atoms with Crippen LogP contribution in [-0.2, 0) is 9.59 Å². The standard InChI is InChI=1S/C18H14O4/c1-3-17(19)21-15-9-5-13(6-10-15)14-7-11-16(12-8-14)22-18(20)4-2/h3-12H,1-2H2. The van der Waals surface area contributed by atoms with Gasteiger partial charge < -0.3 is 9.47 Å².